The van der Waals surface area contributed by atoms with Crippen LogP contribution in [0.5, 0.6) is 0 Å². The van der Waals surface area contributed by atoms with E-state index in [1.165, 1.54) is 28.4 Å². The van der Waals surface area contributed by atoms with Crippen LogP contribution in [0.3, 0.4) is 0 Å². The molecule has 13 heavy (non-hydrogen) atoms. The molecule has 0 fully saturated rings. The minimum atomic E-state index is -0.149. The lowest BCUT2D eigenvalue weighted by molar-refractivity contribution is -0.136. The van der Waals surface area contributed by atoms with Gasteiger partial charge in [-0.25, -0.2) is 0 Å². The Morgan fingerprint density at radius 1 is 1.08 bits per heavy atom. The van der Waals surface area contributed by atoms with Gasteiger partial charge in [-0.2, -0.15) is 0 Å². The van der Waals surface area contributed by atoms with E-state index in [1.54, 1.807) is 6.92 Å². The molecule has 5 heteroatoms. The van der Waals surface area contributed by atoms with E-state index in [2.05, 4.69) is 0 Å². The predicted octanol–water partition coefficient (Wildman–Crippen LogP) is 1.31. The summed E-state index contributed by atoms with van der Waals surface area (Å²) in [4.78, 5) is 25.6. The molecule has 0 N–H and O–H groups in total. The molecule has 72 valence electrons. The van der Waals surface area contributed by atoms with E-state index in [0.29, 0.717) is 16.4 Å². The van der Waals surface area contributed by atoms with Crippen LogP contribution in [0.1, 0.15) is 6.92 Å². The fourth-order valence-electron chi connectivity index (χ4n) is 1.18. The van der Waals surface area contributed by atoms with Gasteiger partial charge >= 0.3 is 0 Å². The number of hydrogen-bond donors (Lipinski definition) is 0. The van der Waals surface area contributed by atoms with E-state index in [-0.39, 0.29) is 11.8 Å². The van der Waals surface area contributed by atoms with Crippen molar-refractivity contribution < 1.29 is 9.59 Å². The van der Waals surface area contributed by atoms with Crippen molar-refractivity contribution in [1.29, 1.82) is 0 Å². The lowest BCUT2D eigenvalue weighted by atomic mass is 10.5. The summed E-state index contributed by atoms with van der Waals surface area (Å²) in [6.45, 7) is 2.25. The van der Waals surface area contributed by atoms with E-state index in [1.807, 2.05) is 12.5 Å². The van der Waals surface area contributed by atoms with Gasteiger partial charge in [-0.05, 0) is 19.4 Å². The third-order valence-corrected chi connectivity index (χ3v) is 3.51. The smallest absolute Gasteiger partial charge is 0.268 e. The quantitative estimate of drug-likeness (QED) is 0.668. The zero-order valence-corrected chi connectivity index (χ0v) is 9.42. The first-order valence-corrected chi connectivity index (χ1v) is 6.30. The molecule has 0 aromatic rings. The molecule has 0 aromatic heterocycles. The van der Waals surface area contributed by atoms with Crippen molar-refractivity contribution >= 4 is 35.3 Å². The number of nitrogens with zero attached hydrogens (tertiary/aromatic N) is 1. The first-order valence-electron chi connectivity index (χ1n) is 3.85. The van der Waals surface area contributed by atoms with Gasteiger partial charge < -0.3 is 0 Å². The maximum absolute atomic E-state index is 11.6. The second-order valence-electron chi connectivity index (χ2n) is 2.42. The molecule has 1 aliphatic heterocycles. The van der Waals surface area contributed by atoms with Gasteiger partial charge in [0, 0.05) is 6.54 Å². The van der Waals surface area contributed by atoms with Crippen LogP contribution in [0.15, 0.2) is 9.81 Å². The average molecular weight is 217 g/mol. The van der Waals surface area contributed by atoms with E-state index in [9.17, 15) is 9.59 Å². The molecule has 1 rings (SSSR count). The summed E-state index contributed by atoms with van der Waals surface area (Å²) in [6, 6.07) is 0. The molecule has 0 spiro atoms. The fourth-order valence-corrected chi connectivity index (χ4v) is 2.79. The molecule has 0 unspecified atom stereocenters. The molecule has 1 heterocycles. The molecule has 0 aromatic carbocycles. The second-order valence-corrected chi connectivity index (χ2v) is 4.05. The summed E-state index contributed by atoms with van der Waals surface area (Å²) in [6.07, 6.45) is 3.63. The number of thioether (sulfide) groups is 2. The SMILES string of the molecule is CCN1C(=O)C(SC)=C(SC)C1=O. The molecule has 0 aliphatic carbocycles. The van der Waals surface area contributed by atoms with Gasteiger partial charge in [-0.1, -0.05) is 0 Å². The van der Waals surface area contributed by atoms with Gasteiger partial charge in [0.25, 0.3) is 11.8 Å². The van der Waals surface area contributed by atoms with E-state index in [4.69, 9.17) is 0 Å². The van der Waals surface area contributed by atoms with Crippen molar-refractivity contribution in [2.24, 2.45) is 0 Å². The molecule has 2 amide bonds. The van der Waals surface area contributed by atoms with Crippen LogP contribution >= 0.6 is 23.5 Å². The third-order valence-electron chi connectivity index (χ3n) is 1.81. The number of likely N-dealkylation sites (N-methyl/N-ethyl adjacent to an activating group) is 1. The lowest BCUT2D eigenvalue weighted by Crippen LogP contribution is -2.30. The monoisotopic (exact) mass is 217 g/mol. The minimum absolute atomic E-state index is 0.149. The number of imide groups is 1. The largest absolute Gasteiger partial charge is 0.274 e. The highest BCUT2D eigenvalue weighted by atomic mass is 32.2. The highest BCUT2D eigenvalue weighted by molar-refractivity contribution is 8.07. The predicted molar refractivity (Wildman–Crippen MR) is 56.5 cm³/mol. The zero-order valence-electron chi connectivity index (χ0n) is 7.79. The van der Waals surface area contributed by atoms with Gasteiger partial charge in [-0.3, -0.25) is 14.5 Å². The molecule has 1 aliphatic rings. The van der Waals surface area contributed by atoms with E-state index in [0.717, 1.165) is 0 Å². The normalized spacial score (nSPS) is 17.6. The Morgan fingerprint density at radius 3 is 1.69 bits per heavy atom. The summed E-state index contributed by atoms with van der Waals surface area (Å²) in [5, 5.41) is 0. The maximum atomic E-state index is 11.6. The fraction of sp³-hybridized carbons (Fsp3) is 0.500. The van der Waals surface area contributed by atoms with Gasteiger partial charge in [0.15, 0.2) is 0 Å². The highest BCUT2D eigenvalue weighted by Gasteiger charge is 2.36. The van der Waals surface area contributed by atoms with Crippen molar-refractivity contribution in [3.8, 4) is 0 Å². The minimum Gasteiger partial charge on any atom is -0.274 e. The van der Waals surface area contributed by atoms with Crippen molar-refractivity contribution in [1.82, 2.24) is 4.90 Å². The van der Waals surface area contributed by atoms with Crippen LogP contribution in [-0.4, -0.2) is 35.8 Å². The summed E-state index contributed by atoms with van der Waals surface area (Å²) < 4.78 is 0. The van der Waals surface area contributed by atoms with Crippen LogP contribution in [0.25, 0.3) is 0 Å². The Morgan fingerprint density at radius 2 is 1.46 bits per heavy atom. The van der Waals surface area contributed by atoms with Gasteiger partial charge in [0.1, 0.15) is 0 Å². The van der Waals surface area contributed by atoms with Crippen molar-refractivity contribution in [2.75, 3.05) is 19.1 Å². The van der Waals surface area contributed by atoms with Gasteiger partial charge in [0.05, 0.1) is 9.81 Å². The van der Waals surface area contributed by atoms with E-state index >= 15 is 0 Å². The Hall–Kier alpha value is -0.420. The Balaban J connectivity index is 3.06. The lowest BCUT2D eigenvalue weighted by Gasteiger charge is -2.10. The molecule has 0 saturated heterocycles. The van der Waals surface area contributed by atoms with Crippen LogP contribution in [0.4, 0.5) is 0 Å². The summed E-state index contributed by atoms with van der Waals surface area (Å²) in [7, 11) is 0. The Bertz CT molecular complexity index is 260. The molecule has 0 radical (unpaired) electrons. The van der Waals surface area contributed by atoms with Crippen molar-refractivity contribution in [3.05, 3.63) is 9.81 Å². The Kier molecular flexibility index (Phi) is 3.44. The first kappa shape index (κ1) is 10.7. The summed E-state index contributed by atoms with van der Waals surface area (Å²) in [5.41, 5.74) is 0. The topological polar surface area (TPSA) is 37.4 Å². The van der Waals surface area contributed by atoms with Crippen LogP contribution < -0.4 is 0 Å². The summed E-state index contributed by atoms with van der Waals surface area (Å²) in [5.74, 6) is -0.297. The highest BCUT2D eigenvalue weighted by Crippen LogP contribution is 2.33. The third kappa shape index (κ3) is 1.62. The molecule has 0 bridgehead atoms. The number of carbonyl (C=O) groups is 2. The van der Waals surface area contributed by atoms with Crippen LogP contribution in [0, 0.1) is 0 Å². The van der Waals surface area contributed by atoms with Crippen molar-refractivity contribution in [3.63, 3.8) is 0 Å². The van der Waals surface area contributed by atoms with Crippen LogP contribution in [-0.2, 0) is 9.59 Å². The second kappa shape index (κ2) is 4.19. The average Bonchev–Trinajstić information content (AvgIpc) is 2.36. The van der Waals surface area contributed by atoms with Gasteiger partial charge in [0.2, 0.25) is 0 Å². The number of carbonyl (C=O) groups excluding carboxylic acids is 2. The Labute approximate surface area is 85.9 Å². The van der Waals surface area contributed by atoms with Crippen LogP contribution in [0.2, 0.25) is 0 Å². The maximum Gasteiger partial charge on any atom is 0.268 e. The molecule has 0 saturated carbocycles. The number of amides is 2. The molecular formula is C8H11NO2S2. The number of hydrogen-bond acceptors (Lipinski definition) is 4. The summed E-state index contributed by atoms with van der Waals surface area (Å²) >= 11 is 2.69. The van der Waals surface area contributed by atoms with E-state index < -0.39 is 0 Å². The molecular weight excluding hydrogens is 206 g/mol. The molecule has 0 atom stereocenters. The number of rotatable bonds is 3. The molecule has 3 nitrogen and oxygen atoms in total. The standard InChI is InChI=1S/C8H11NO2S2/c1-4-9-7(10)5(12-2)6(13-3)8(9)11/h4H2,1-3H3. The van der Waals surface area contributed by atoms with Gasteiger partial charge in [-0.15, -0.1) is 23.5 Å². The van der Waals surface area contributed by atoms with Crippen molar-refractivity contribution in [2.45, 2.75) is 6.92 Å². The first-order chi connectivity index (χ1) is 6.17. The zero-order chi connectivity index (χ0) is 10.0.